The summed E-state index contributed by atoms with van der Waals surface area (Å²) >= 11 is 6.22. The second-order valence-electron chi connectivity index (χ2n) is 8.24. The third-order valence-electron chi connectivity index (χ3n) is 6.01. The standard InChI is InChI=1S/C24H28ClN3O2.ClH/c1-27(14-11-17-7-2-3-9-20(17)25)12-5-4-10-22(29)19-15-18-8-6-13-28-23(18)21(16-19)26-24(28)30;/h2-3,7,9,15-16H,4-6,8,10-14H2,1H3,(H,26,30);1H. The van der Waals surface area contributed by atoms with Crippen molar-refractivity contribution in [3.8, 4) is 0 Å². The minimum atomic E-state index is -0.0737. The molecule has 4 rings (SSSR count). The van der Waals surface area contributed by atoms with Crippen molar-refractivity contribution in [1.29, 1.82) is 0 Å². The third kappa shape index (κ3) is 5.40. The number of unbranched alkanes of at least 4 members (excludes halogenated alkanes) is 1. The van der Waals surface area contributed by atoms with Crippen molar-refractivity contribution in [2.75, 3.05) is 20.1 Å². The van der Waals surface area contributed by atoms with Gasteiger partial charge in [-0.25, -0.2) is 4.79 Å². The summed E-state index contributed by atoms with van der Waals surface area (Å²) in [6.07, 6.45) is 5.17. The van der Waals surface area contributed by atoms with Crippen LogP contribution < -0.4 is 5.69 Å². The lowest BCUT2D eigenvalue weighted by atomic mass is 9.98. The number of halogens is 2. The Morgan fingerprint density at radius 2 is 2.00 bits per heavy atom. The van der Waals surface area contributed by atoms with E-state index in [0.717, 1.165) is 78.9 Å². The van der Waals surface area contributed by atoms with Gasteiger partial charge in [0.15, 0.2) is 5.78 Å². The molecule has 166 valence electrons. The predicted molar refractivity (Wildman–Crippen MR) is 129 cm³/mol. The van der Waals surface area contributed by atoms with Crippen molar-refractivity contribution in [2.24, 2.45) is 0 Å². The van der Waals surface area contributed by atoms with E-state index < -0.39 is 0 Å². The van der Waals surface area contributed by atoms with Gasteiger partial charge in [0.05, 0.1) is 11.0 Å². The van der Waals surface area contributed by atoms with E-state index in [4.69, 9.17) is 11.6 Å². The summed E-state index contributed by atoms with van der Waals surface area (Å²) in [5.74, 6) is 0.158. The Morgan fingerprint density at radius 3 is 2.81 bits per heavy atom. The summed E-state index contributed by atoms with van der Waals surface area (Å²) in [6, 6.07) is 11.8. The topological polar surface area (TPSA) is 58.1 Å². The number of Topliss-reactive ketones (excluding diaryl/α,β-unsaturated/α-hetero) is 1. The second kappa shape index (κ2) is 10.5. The van der Waals surface area contributed by atoms with Crippen LogP contribution in [0.5, 0.6) is 0 Å². The van der Waals surface area contributed by atoms with Crippen LogP contribution in [-0.4, -0.2) is 40.4 Å². The normalized spacial score (nSPS) is 12.9. The fourth-order valence-electron chi connectivity index (χ4n) is 4.32. The maximum Gasteiger partial charge on any atom is 0.326 e. The van der Waals surface area contributed by atoms with Gasteiger partial charge in [0.2, 0.25) is 0 Å². The fourth-order valence-corrected chi connectivity index (χ4v) is 4.55. The highest BCUT2D eigenvalue weighted by Gasteiger charge is 2.18. The van der Waals surface area contributed by atoms with Gasteiger partial charge in [0, 0.05) is 30.1 Å². The predicted octanol–water partition coefficient (Wildman–Crippen LogP) is 4.88. The molecule has 31 heavy (non-hydrogen) atoms. The number of imidazole rings is 1. The number of likely N-dealkylation sites (N-methyl/N-ethyl adjacent to an activating group) is 1. The van der Waals surface area contributed by atoms with Crippen LogP contribution in [0.4, 0.5) is 0 Å². The number of hydrogen-bond donors (Lipinski definition) is 1. The zero-order valence-corrected chi connectivity index (χ0v) is 19.4. The lowest BCUT2D eigenvalue weighted by Crippen LogP contribution is -2.22. The highest BCUT2D eigenvalue weighted by molar-refractivity contribution is 6.31. The van der Waals surface area contributed by atoms with E-state index in [1.807, 2.05) is 30.3 Å². The molecule has 5 nitrogen and oxygen atoms in total. The monoisotopic (exact) mass is 461 g/mol. The summed E-state index contributed by atoms with van der Waals surface area (Å²) in [4.78, 5) is 30.0. The quantitative estimate of drug-likeness (QED) is 0.364. The minimum Gasteiger partial charge on any atom is -0.306 e. The van der Waals surface area contributed by atoms with Crippen LogP contribution >= 0.6 is 24.0 Å². The van der Waals surface area contributed by atoms with Gasteiger partial charge < -0.3 is 9.88 Å². The number of aryl methyl sites for hydroxylation is 2. The molecule has 1 aliphatic heterocycles. The molecule has 1 N–H and O–H groups in total. The Balaban J connectivity index is 0.00000272. The fraction of sp³-hybridized carbons (Fsp3) is 0.417. The largest absolute Gasteiger partial charge is 0.326 e. The molecule has 0 aliphatic carbocycles. The first kappa shape index (κ1) is 23.6. The zero-order valence-electron chi connectivity index (χ0n) is 17.8. The number of H-pyrrole nitrogens is 1. The molecule has 7 heteroatoms. The first-order valence-electron chi connectivity index (χ1n) is 10.7. The Labute approximate surface area is 193 Å². The van der Waals surface area contributed by atoms with Crippen LogP contribution in [-0.2, 0) is 19.4 Å². The molecular formula is C24H29Cl2N3O2. The number of rotatable bonds is 9. The van der Waals surface area contributed by atoms with E-state index >= 15 is 0 Å². The summed E-state index contributed by atoms with van der Waals surface area (Å²) in [5, 5.41) is 0.823. The van der Waals surface area contributed by atoms with Gasteiger partial charge in [0.25, 0.3) is 0 Å². The van der Waals surface area contributed by atoms with Gasteiger partial charge in [-0.1, -0.05) is 29.8 Å². The number of carbonyl (C=O) groups is 1. The highest BCUT2D eigenvalue weighted by Crippen LogP contribution is 2.25. The van der Waals surface area contributed by atoms with Crippen LogP contribution in [0.1, 0.15) is 47.2 Å². The van der Waals surface area contributed by atoms with Crippen molar-refractivity contribution in [1.82, 2.24) is 14.5 Å². The van der Waals surface area contributed by atoms with Crippen molar-refractivity contribution in [3.63, 3.8) is 0 Å². The molecule has 0 bridgehead atoms. The van der Waals surface area contributed by atoms with Crippen LogP contribution in [0.15, 0.2) is 41.2 Å². The van der Waals surface area contributed by atoms with E-state index in [2.05, 4.69) is 23.0 Å². The SMILES string of the molecule is CN(CCCCC(=O)c1cc2c3c(c1)[nH]c(=O)n3CCC2)CCc1ccccc1Cl.Cl. The zero-order chi connectivity index (χ0) is 21.1. The number of carbonyl (C=O) groups excluding carboxylic acids is 1. The first-order chi connectivity index (χ1) is 14.5. The van der Waals surface area contributed by atoms with E-state index in [0.29, 0.717) is 6.42 Å². The number of nitrogens with one attached hydrogen (secondary N) is 1. The molecule has 2 aromatic carbocycles. The number of benzene rings is 2. The van der Waals surface area contributed by atoms with Gasteiger partial charge in [-0.3, -0.25) is 9.36 Å². The summed E-state index contributed by atoms with van der Waals surface area (Å²) in [5.41, 5.74) is 4.70. The smallest absolute Gasteiger partial charge is 0.306 e. The second-order valence-corrected chi connectivity index (χ2v) is 8.65. The van der Waals surface area contributed by atoms with Crippen LogP contribution in [0.25, 0.3) is 11.0 Å². The van der Waals surface area contributed by atoms with Crippen molar-refractivity contribution >= 4 is 40.8 Å². The average Bonchev–Trinajstić information content (AvgIpc) is 3.07. The maximum absolute atomic E-state index is 12.7. The minimum absolute atomic E-state index is 0. The molecule has 0 amide bonds. The van der Waals surface area contributed by atoms with Crippen LogP contribution in [0, 0.1) is 0 Å². The highest BCUT2D eigenvalue weighted by atomic mass is 35.5. The molecule has 0 radical (unpaired) electrons. The van der Waals surface area contributed by atoms with Gasteiger partial charge in [-0.15, -0.1) is 12.4 Å². The summed E-state index contributed by atoms with van der Waals surface area (Å²) in [7, 11) is 2.11. The average molecular weight is 462 g/mol. The van der Waals surface area contributed by atoms with E-state index in [1.165, 1.54) is 5.56 Å². The molecule has 1 aromatic heterocycles. The summed E-state index contributed by atoms with van der Waals surface area (Å²) < 4.78 is 1.79. The molecule has 1 aliphatic rings. The van der Waals surface area contributed by atoms with Gasteiger partial charge >= 0.3 is 5.69 Å². The van der Waals surface area contributed by atoms with Crippen LogP contribution in [0.3, 0.4) is 0 Å². The Kier molecular flexibility index (Phi) is 7.98. The van der Waals surface area contributed by atoms with E-state index in [-0.39, 0.29) is 23.9 Å². The van der Waals surface area contributed by atoms with Gasteiger partial charge in [0.1, 0.15) is 0 Å². The molecule has 0 unspecified atom stereocenters. The van der Waals surface area contributed by atoms with E-state index in [1.54, 1.807) is 4.57 Å². The summed E-state index contributed by atoms with van der Waals surface area (Å²) in [6.45, 7) is 2.66. The molecule has 0 spiro atoms. The Bertz CT molecular complexity index is 1120. The number of nitrogens with zero attached hydrogens (tertiary/aromatic N) is 2. The molecular weight excluding hydrogens is 433 g/mol. The Hall–Kier alpha value is -2.08. The van der Waals surface area contributed by atoms with Crippen molar-refractivity contribution in [2.45, 2.75) is 45.1 Å². The maximum atomic E-state index is 12.7. The molecule has 0 fully saturated rings. The first-order valence-corrected chi connectivity index (χ1v) is 11.1. The lowest BCUT2D eigenvalue weighted by molar-refractivity contribution is 0.0978. The van der Waals surface area contributed by atoms with Gasteiger partial charge in [-0.05, 0) is 75.0 Å². The lowest BCUT2D eigenvalue weighted by Gasteiger charge is -2.17. The van der Waals surface area contributed by atoms with Crippen molar-refractivity contribution in [3.05, 3.63) is 68.6 Å². The third-order valence-corrected chi connectivity index (χ3v) is 6.38. The molecule has 2 heterocycles. The van der Waals surface area contributed by atoms with Crippen molar-refractivity contribution < 1.29 is 4.79 Å². The van der Waals surface area contributed by atoms with Crippen LogP contribution in [0.2, 0.25) is 5.02 Å². The molecule has 0 saturated carbocycles. The van der Waals surface area contributed by atoms with E-state index in [9.17, 15) is 9.59 Å². The Morgan fingerprint density at radius 1 is 1.19 bits per heavy atom. The number of hydrogen-bond acceptors (Lipinski definition) is 3. The number of ketones is 1. The molecule has 3 aromatic rings. The molecule has 0 atom stereocenters. The van der Waals surface area contributed by atoms with Gasteiger partial charge in [-0.2, -0.15) is 0 Å². The molecule has 0 saturated heterocycles. The number of aromatic nitrogens is 2. The number of aromatic amines is 1.